The largest absolute Gasteiger partial charge is 0.398 e. The van der Waals surface area contributed by atoms with E-state index in [2.05, 4.69) is 29.1 Å². The van der Waals surface area contributed by atoms with Crippen LogP contribution in [0.2, 0.25) is 0 Å². The van der Waals surface area contributed by atoms with Crippen LogP contribution in [-0.4, -0.2) is 18.1 Å². The standard InChI is InChI=1S/C15H19N3/c1-18(11-4-2-3-5-11)15-7-6-14(16)13-10-17-9-8-12(13)15/h6-11H,2-5,16H2,1H3. The van der Waals surface area contributed by atoms with Gasteiger partial charge in [0, 0.05) is 47.6 Å². The summed E-state index contributed by atoms with van der Waals surface area (Å²) in [4.78, 5) is 6.58. The molecule has 2 aromatic rings. The predicted octanol–water partition coefficient (Wildman–Crippen LogP) is 3.20. The number of pyridine rings is 1. The molecule has 1 heterocycles. The zero-order valence-electron chi connectivity index (χ0n) is 10.8. The first-order valence-electron chi connectivity index (χ1n) is 6.62. The van der Waals surface area contributed by atoms with Crippen LogP contribution in [0.3, 0.4) is 0 Å². The SMILES string of the molecule is CN(c1ccc(N)c2cnccc12)C1CCCC1. The van der Waals surface area contributed by atoms with Crippen LogP contribution in [0.1, 0.15) is 25.7 Å². The Morgan fingerprint density at radius 2 is 1.94 bits per heavy atom. The monoisotopic (exact) mass is 241 g/mol. The summed E-state index contributed by atoms with van der Waals surface area (Å²) in [7, 11) is 2.20. The summed E-state index contributed by atoms with van der Waals surface area (Å²) in [5.74, 6) is 0. The van der Waals surface area contributed by atoms with E-state index in [1.807, 2.05) is 18.5 Å². The van der Waals surface area contributed by atoms with Gasteiger partial charge in [-0.15, -0.1) is 0 Å². The molecule has 1 aromatic carbocycles. The van der Waals surface area contributed by atoms with Gasteiger partial charge in [-0.25, -0.2) is 0 Å². The summed E-state index contributed by atoms with van der Waals surface area (Å²) < 4.78 is 0. The van der Waals surface area contributed by atoms with Gasteiger partial charge in [-0.1, -0.05) is 12.8 Å². The van der Waals surface area contributed by atoms with Crippen LogP contribution >= 0.6 is 0 Å². The summed E-state index contributed by atoms with van der Waals surface area (Å²) in [6.45, 7) is 0. The van der Waals surface area contributed by atoms with Crippen LogP contribution in [0.4, 0.5) is 11.4 Å². The molecule has 0 unspecified atom stereocenters. The number of nitrogen functional groups attached to an aromatic ring is 1. The summed E-state index contributed by atoms with van der Waals surface area (Å²) in [6.07, 6.45) is 9.00. The van der Waals surface area contributed by atoms with Crippen molar-refractivity contribution in [1.29, 1.82) is 0 Å². The second kappa shape index (κ2) is 4.48. The van der Waals surface area contributed by atoms with Crippen molar-refractivity contribution in [3.05, 3.63) is 30.6 Å². The summed E-state index contributed by atoms with van der Waals surface area (Å²) in [6, 6.07) is 6.86. The van der Waals surface area contributed by atoms with Crippen molar-refractivity contribution in [1.82, 2.24) is 4.98 Å². The van der Waals surface area contributed by atoms with E-state index < -0.39 is 0 Å². The molecule has 0 bridgehead atoms. The quantitative estimate of drug-likeness (QED) is 0.821. The fourth-order valence-electron chi connectivity index (χ4n) is 2.99. The molecule has 18 heavy (non-hydrogen) atoms. The van der Waals surface area contributed by atoms with E-state index in [0.717, 1.165) is 11.1 Å². The van der Waals surface area contributed by atoms with E-state index in [9.17, 15) is 0 Å². The Bertz CT molecular complexity index is 559. The van der Waals surface area contributed by atoms with Crippen molar-refractivity contribution in [2.24, 2.45) is 0 Å². The number of rotatable bonds is 2. The molecule has 3 rings (SSSR count). The van der Waals surface area contributed by atoms with Crippen molar-refractivity contribution in [3.8, 4) is 0 Å². The van der Waals surface area contributed by atoms with Crippen molar-refractivity contribution >= 4 is 22.1 Å². The van der Waals surface area contributed by atoms with Crippen LogP contribution < -0.4 is 10.6 Å². The summed E-state index contributed by atoms with van der Waals surface area (Å²) in [5.41, 5.74) is 8.10. The van der Waals surface area contributed by atoms with Gasteiger partial charge in [0.05, 0.1) is 0 Å². The second-order valence-corrected chi connectivity index (χ2v) is 5.14. The molecule has 0 amide bonds. The lowest BCUT2D eigenvalue weighted by Crippen LogP contribution is -2.28. The van der Waals surface area contributed by atoms with E-state index in [1.165, 1.54) is 36.8 Å². The molecule has 0 radical (unpaired) electrons. The van der Waals surface area contributed by atoms with E-state index >= 15 is 0 Å². The Morgan fingerprint density at radius 1 is 1.17 bits per heavy atom. The molecule has 0 spiro atoms. The van der Waals surface area contributed by atoms with E-state index in [0.29, 0.717) is 6.04 Å². The van der Waals surface area contributed by atoms with Gasteiger partial charge in [0.2, 0.25) is 0 Å². The number of benzene rings is 1. The zero-order chi connectivity index (χ0) is 12.5. The maximum atomic E-state index is 6.02. The highest BCUT2D eigenvalue weighted by Gasteiger charge is 2.21. The van der Waals surface area contributed by atoms with Gasteiger partial charge < -0.3 is 10.6 Å². The lowest BCUT2D eigenvalue weighted by Gasteiger charge is -2.28. The number of anilines is 2. The molecule has 94 valence electrons. The van der Waals surface area contributed by atoms with Crippen LogP contribution in [0.25, 0.3) is 10.8 Å². The molecular weight excluding hydrogens is 222 g/mol. The first-order valence-corrected chi connectivity index (χ1v) is 6.62. The highest BCUT2D eigenvalue weighted by Crippen LogP contribution is 2.33. The minimum atomic E-state index is 0.671. The van der Waals surface area contributed by atoms with Crippen LogP contribution in [0, 0.1) is 0 Å². The molecule has 1 fully saturated rings. The highest BCUT2D eigenvalue weighted by molar-refractivity contribution is 6.00. The van der Waals surface area contributed by atoms with Crippen molar-refractivity contribution in [2.75, 3.05) is 17.7 Å². The second-order valence-electron chi connectivity index (χ2n) is 5.14. The first-order chi connectivity index (χ1) is 8.77. The smallest absolute Gasteiger partial charge is 0.0448 e. The van der Waals surface area contributed by atoms with Gasteiger partial charge in [0.1, 0.15) is 0 Å². The van der Waals surface area contributed by atoms with Gasteiger partial charge in [-0.05, 0) is 31.0 Å². The third kappa shape index (κ3) is 1.80. The molecule has 3 nitrogen and oxygen atoms in total. The Hall–Kier alpha value is -1.77. The average Bonchev–Trinajstić information content (AvgIpc) is 2.93. The fourth-order valence-corrected chi connectivity index (χ4v) is 2.99. The van der Waals surface area contributed by atoms with Crippen LogP contribution in [0.5, 0.6) is 0 Å². The Morgan fingerprint density at radius 3 is 2.72 bits per heavy atom. The minimum absolute atomic E-state index is 0.671. The third-order valence-electron chi connectivity index (χ3n) is 4.08. The number of nitrogens with zero attached hydrogens (tertiary/aromatic N) is 2. The Labute approximate surface area is 108 Å². The van der Waals surface area contributed by atoms with Gasteiger partial charge in [-0.2, -0.15) is 0 Å². The first kappa shape index (κ1) is 11.3. The van der Waals surface area contributed by atoms with Crippen molar-refractivity contribution in [3.63, 3.8) is 0 Å². The van der Waals surface area contributed by atoms with Crippen molar-refractivity contribution < 1.29 is 0 Å². The molecule has 0 atom stereocenters. The summed E-state index contributed by atoms with van der Waals surface area (Å²) in [5, 5.41) is 2.26. The fraction of sp³-hybridized carbons (Fsp3) is 0.400. The number of aromatic nitrogens is 1. The maximum Gasteiger partial charge on any atom is 0.0448 e. The highest BCUT2D eigenvalue weighted by atomic mass is 15.1. The molecule has 1 aliphatic carbocycles. The number of fused-ring (bicyclic) bond motifs is 1. The average molecular weight is 241 g/mol. The zero-order valence-corrected chi connectivity index (χ0v) is 10.8. The molecule has 3 heteroatoms. The summed E-state index contributed by atoms with van der Waals surface area (Å²) >= 11 is 0. The Balaban J connectivity index is 2.08. The van der Waals surface area contributed by atoms with Gasteiger partial charge in [0.25, 0.3) is 0 Å². The molecule has 1 aliphatic rings. The van der Waals surface area contributed by atoms with Gasteiger partial charge in [-0.3, -0.25) is 4.98 Å². The van der Waals surface area contributed by atoms with Gasteiger partial charge >= 0.3 is 0 Å². The molecular formula is C15H19N3. The minimum Gasteiger partial charge on any atom is -0.398 e. The number of hydrogen-bond donors (Lipinski definition) is 1. The molecule has 1 saturated carbocycles. The van der Waals surface area contributed by atoms with Gasteiger partial charge in [0.15, 0.2) is 0 Å². The van der Waals surface area contributed by atoms with E-state index in [-0.39, 0.29) is 0 Å². The number of nitrogens with two attached hydrogens (primary N) is 1. The number of hydrogen-bond acceptors (Lipinski definition) is 3. The predicted molar refractivity (Wildman–Crippen MR) is 76.8 cm³/mol. The molecule has 2 N–H and O–H groups in total. The third-order valence-corrected chi connectivity index (χ3v) is 4.08. The van der Waals surface area contributed by atoms with Crippen LogP contribution in [-0.2, 0) is 0 Å². The van der Waals surface area contributed by atoms with E-state index in [1.54, 1.807) is 0 Å². The van der Waals surface area contributed by atoms with Crippen LogP contribution in [0.15, 0.2) is 30.6 Å². The molecule has 1 aromatic heterocycles. The lowest BCUT2D eigenvalue weighted by atomic mass is 10.1. The van der Waals surface area contributed by atoms with Crippen molar-refractivity contribution in [2.45, 2.75) is 31.7 Å². The maximum absolute atomic E-state index is 6.02. The normalized spacial score (nSPS) is 16.3. The topological polar surface area (TPSA) is 42.1 Å². The Kier molecular flexibility index (Phi) is 2.82. The molecule has 0 aliphatic heterocycles. The lowest BCUT2D eigenvalue weighted by molar-refractivity contribution is 0.655. The molecule has 0 saturated heterocycles. The van der Waals surface area contributed by atoms with E-state index in [4.69, 9.17) is 5.73 Å².